The summed E-state index contributed by atoms with van der Waals surface area (Å²) in [4.78, 5) is 23.3. The molecule has 4 nitrogen and oxygen atoms in total. The van der Waals surface area contributed by atoms with Crippen LogP contribution in [0.25, 0.3) is 0 Å². The number of amides is 2. The number of carbonyl (C=O) groups excluding carboxylic acids is 2. The number of aryl methyl sites for hydroxylation is 2. The highest BCUT2D eigenvalue weighted by Gasteiger charge is 2.13. The first-order valence-corrected chi connectivity index (χ1v) is 7.46. The Labute approximate surface area is 129 Å². The van der Waals surface area contributed by atoms with E-state index in [4.69, 9.17) is 5.73 Å². The third-order valence-corrected chi connectivity index (χ3v) is 4.04. The molecule has 0 heterocycles. The van der Waals surface area contributed by atoms with Crippen molar-refractivity contribution in [2.45, 2.75) is 25.7 Å². The second-order valence-corrected chi connectivity index (χ2v) is 5.59. The summed E-state index contributed by atoms with van der Waals surface area (Å²) in [6, 6.07) is 12.5. The summed E-state index contributed by atoms with van der Waals surface area (Å²) < 4.78 is 0. The second-order valence-electron chi connectivity index (χ2n) is 5.59. The lowest BCUT2D eigenvalue weighted by molar-refractivity contribution is 0.0998. The molecule has 22 heavy (non-hydrogen) atoms. The Morgan fingerprint density at radius 3 is 2.18 bits per heavy atom. The standard InChI is InChI=1S/C18H18N2O2/c19-17(21)13-7-9-16(10-8-13)20-18(22)15-6-5-12-3-1-2-4-14(12)11-15/h5-11H,1-4H2,(H2,19,21)(H,20,22). The van der Waals surface area contributed by atoms with Crippen molar-refractivity contribution in [2.24, 2.45) is 5.73 Å². The number of fused-ring (bicyclic) bond motifs is 1. The summed E-state index contributed by atoms with van der Waals surface area (Å²) in [6.07, 6.45) is 4.56. The van der Waals surface area contributed by atoms with Gasteiger partial charge in [0.2, 0.25) is 5.91 Å². The van der Waals surface area contributed by atoms with Crippen LogP contribution in [0.1, 0.15) is 44.7 Å². The van der Waals surface area contributed by atoms with E-state index in [1.54, 1.807) is 24.3 Å². The number of carbonyl (C=O) groups is 2. The van der Waals surface area contributed by atoms with Crippen LogP contribution < -0.4 is 11.1 Å². The number of hydrogen-bond acceptors (Lipinski definition) is 2. The molecule has 0 aromatic heterocycles. The first-order chi connectivity index (χ1) is 10.6. The molecule has 1 aliphatic rings. The molecular formula is C18H18N2O2. The van der Waals surface area contributed by atoms with Crippen LogP contribution in [0.2, 0.25) is 0 Å². The minimum absolute atomic E-state index is 0.139. The molecule has 2 aromatic carbocycles. The zero-order chi connectivity index (χ0) is 15.5. The maximum absolute atomic E-state index is 12.3. The van der Waals surface area contributed by atoms with Crippen LogP contribution in [0.15, 0.2) is 42.5 Å². The molecule has 0 saturated carbocycles. The lowest BCUT2D eigenvalue weighted by Gasteiger charge is -2.16. The molecule has 0 aliphatic heterocycles. The fourth-order valence-electron chi connectivity index (χ4n) is 2.80. The molecule has 0 atom stereocenters. The Morgan fingerprint density at radius 1 is 0.864 bits per heavy atom. The van der Waals surface area contributed by atoms with Gasteiger partial charge in [-0.05, 0) is 73.2 Å². The number of anilines is 1. The van der Waals surface area contributed by atoms with Crippen molar-refractivity contribution in [1.82, 2.24) is 0 Å². The van der Waals surface area contributed by atoms with Gasteiger partial charge in [0.05, 0.1) is 0 Å². The number of benzene rings is 2. The molecule has 0 unspecified atom stereocenters. The molecule has 2 aromatic rings. The maximum Gasteiger partial charge on any atom is 0.255 e. The Morgan fingerprint density at radius 2 is 1.50 bits per heavy atom. The zero-order valence-corrected chi connectivity index (χ0v) is 12.3. The Kier molecular flexibility index (Phi) is 3.92. The second kappa shape index (κ2) is 6.02. The molecule has 0 spiro atoms. The summed E-state index contributed by atoms with van der Waals surface area (Å²) in [7, 11) is 0. The Balaban J connectivity index is 1.75. The monoisotopic (exact) mass is 294 g/mol. The van der Waals surface area contributed by atoms with Gasteiger partial charge < -0.3 is 11.1 Å². The highest BCUT2D eigenvalue weighted by Crippen LogP contribution is 2.22. The van der Waals surface area contributed by atoms with Gasteiger partial charge in [-0.25, -0.2) is 0 Å². The van der Waals surface area contributed by atoms with E-state index in [9.17, 15) is 9.59 Å². The van der Waals surface area contributed by atoms with E-state index in [1.165, 1.54) is 24.0 Å². The summed E-state index contributed by atoms with van der Waals surface area (Å²) in [6.45, 7) is 0. The summed E-state index contributed by atoms with van der Waals surface area (Å²) in [5.74, 6) is -0.618. The topological polar surface area (TPSA) is 72.2 Å². The molecule has 112 valence electrons. The van der Waals surface area contributed by atoms with Crippen molar-refractivity contribution < 1.29 is 9.59 Å². The quantitative estimate of drug-likeness (QED) is 0.913. The fourth-order valence-corrected chi connectivity index (χ4v) is 2.80. The van der Waals surface area contributed by atoms with Crippen molar-refractivity contribution in [3.8, 4) is 0 Å². The van der Waals surface area contributed by atoms with E-state index in [-0.39, 0.29) is 5.91 Å². The highest BCUT2D eigenvalue weighted by atomic mass is 16.2. The normalized spacial score (nSPS) is 13.3. The van der Waals surface area contributed by atoms with Crippen LogP contribution in [-0.4, -0.2) is 11.8 Å². The molecule has 0 fully saturated rings. The highest BCUT2D eigenvalue weighted by molar-refractivity contribution is 6.04. The van der Waals surface area contributed by atoms with Crippen LogP contribution in [0.4, 0.5) is 5.69 Å². The molecule has 0 bridgehead atoms. The van der Waals surface area contributed by atoms with Gasteiger partial charge in [-0.1, -0.05) is 6.07 Å². The van der Waals surface area contributed by atoms with Gasteiger partial charge in [-0.15, -0.1) is 0 Å². The molecule has 3 N–H and O–H groups in total. The minimum atomic E-state index is -0.479. The van der Waals surface area contributed by atoms with Gasteiger partial charge in [0.1, 0.15) is 0 Å². The largest absolute Gasteiger partial charge is 0.366 e. The van der Waals surface area contributed by atoms with Crippen LogP contribution in [0, 0.1) is 0 Å². The number of nitrogens with two attached hydrogens (primary N) is 1. The van der Waals surface area contributed by atoms with Crippen molar-refractivity contribution in [2.75, 3.05) is 5.32 Å². The Hall–Kier alpha value is -2.62. The fraction of sp³-hybridized carbons (Fsp3) is 0.222. The van der Waals surface area contributed by atoms with Gasteiger partial charge in [-0.3, -0.25) is 9.59 Å². The van der Waals surface area contributed by atoms with Crippen molar-refractivity contribution in [3.63, 3.8) is 0 Å². The smallest absolute Gasteiger partial charge is 0.255 e. The SMILES string of the molecule is NC(=O)c1ccc(NC(=O)c2ccc3c(c2)CCCC3)cc1. The summed E-state index contributed by atoms with van der Waals surface area (Å²) in [5.41, 5.74) is 9.57. The van der Waals surface area contributed by atoms with Crippen molar-refractivity contribution >= 4 is 17.5 Å². The minimum Gasteiger partial charge on any atom is -0.366 e. The van der Waals surface area contributed by atoms with E-state index in [0.29, 0.717) is 16.8 Å². The van der Waals surface area contributed by atoms with Crippen molar-refractivity contribution in [1.29, 1.82) is 0 Å². The third kappa shape index (κ3) is 3.01. The van der Waals surface area contributed by atoms with Gasteiger partial charge in [-0.2, -0.15) is 0 Å². The van der Waals surface area contributed by atoms with Crippen molar-refractivity contribution in [3.05, 3.63) is 64.7 Å². The van der Waals surface area contributed by atoms with E-state index >= 15 is 0 Å². The van der Waals surface area contributed by atoms with Crippen LogP contribution in [-0.2, 0) is 12.8 Å². The zero-order valence-electron chi connectivity index (χ0n) is 12.3. The van der Waals surface area contributed by atoms with E-state index in [0.717, 1.165) is 12.8 Å². The van der Waals surface area contributed by atoms with E-state index in [2.05, 4.69) is 11.4 Å². The molecule has 3 rings (SSSR count). The first kappa shape index (κ1) is 14.3. The Bertz CT molecular complexity index is 720. The number of hydrogen-bond donors (Lipinski definition) is 2. The lowest BCUT2D eigenvalue weighted by Crippen LogP contribution is -2.14. The molecular weight excluding hydrogens is 276 g/mol. The van der Waals surface area contributed by atoms with Crippen LogP contribution >= 0.6 is 0 Å². The molecule has 0 saturated heterocycles. The molecule has 4 heteroatoms. The van der Waals surface area contributed by atoms with E-state index in [1.807, 2.05) is 12.1 Å². The van der Waals surface area contributed by atoms with Crippen LogP contribution in [0.3, 0.4) is 0 Å². The lowest BCUT2D eigenvalue weighted by atomic mass is 9.90. The number of primary amides is 1. The van der Waals surface area contributed by atoms with E-state index < -0.39 is 5.91 Å². The summed E-state index contributed by atoms with van der Waals surface area (Å²) >= 11 is 0. The summed E-state index contributed by atoms with van der Waals surface area (Å²) in [5, 5.41) is 2.84. The predicted octanol–water partition coefficient (Wildman–Crippen LogP) is 2.92. The van der Waals surface area contributed by atoms with Gasteiger partial charge in [0.15, 0.2) is 0 Å². The van der Waals surface area contributed by atoms with Gasteiger partial charge >= 0.3 is 0 Å². The average Bonchev–Trinajstić information content (AvgIpc) is 2.55. The first-order valence-electron chi connectivity index (χ1n) is 7.46. The average molecular weight is 294 g/mol. The number of rotatable bonds is 3. The predicted molar refractivity (Wildman–Crippen MR) is 86.0 cm³/mol. The third-order valence-electron chi connectivity index (χ3n) is 4.04. The molecule has 2 amide bonds. The molecule has 1 aliphatic carbocycles. The van der Waals surface area contributed by atoms with Gasteiger partial charge in [0, 0.05) is 16.8 Å². The molecule has 0 radical (unpaired) electrons. The maximum atomic E-state index is 12.3. The number of nitrogens with one attached hydrogen (secondary N) is 1. The van der Waals surface area contributed by atoms with Gasteiger partial charge in [0.25, 0.3) is 5.91 Å². The van der Waals surface area contributed by atoms with Crippen LogP contribution in [0.5, 0.6) is 0 Å².